The Morgan fingerprint density at radius 2 is 2.20 bits per heavy atom. The average molecular weight is 219 g/mol. The van der Waals surface area contributed by atoms with Gasteiger partial charge in [-0.3, -0.25) is 4.98 Å². The molecule has 2 rings (SSSR count). The molecular formula is C11H7ClN2O. The third-order valence-corrected chi connectivity index (χ3v) is 2.50. The summed E-state index contributed by atoms with van der Waals surface area (Å²) in [6.45, 7) is 0. The van der Waals surface area contributed by atoms with Crippen molar-refractivity contribution in [3.05, 3.63) is 35.1 Å². The minimum Gasteiger partial charge on any atom is -0.496 e. The molecular weight excluding hydrogens is 212 g/mol. The van der Waals surface area contributed by atoms with Crippen LogP contribution in [0.3, 0.4) is 0 Å². The Labute approximate surface area is 91.9 Å². The van der Waals surface area contributed by atoms with Crippen molar-refractivity contribution in [3.63, 3.8) is 0 Å². The van der Waals surface area contributed by atoms with Gasteiger partial charge in [0.1, 0.15) is 11.8 Å². The summed E-state index contributed by atoms with van der Waals surface area (Å²) < 4.78 is 5.19. The molecule has 0 aliphatic rings. The van der Waals surface area contributed by atoms with Crippen molar-refractivity contribution in [1.82, 2.24) is 4.98 Å². The molecule has 0 spiro atoms. The highest BCUT2D eigenvalue weighted by Gasteiger charge is 2.09. The summed E-state index contributed by atoms with van der Waals surface area (Å²) >= 11 is 6.01. The summed E-state index contributed by atoms with van der Waals surface area (Å²) in [6, 6.07) is 5.54. The van der Waals surface area contributed by atoms with E-state index in [0.29, 0.717) is 21.7 Å². The van der Waals surface area contributed by atoms with Crippen LogP contribution in [0.2, 0.25) is 5.02 Å². The van der Waals surface area contributed by atoms with Gasteiger partial charge in [0, 0.05) is 23.2 Å². The van der Waals surface area contributed by atoms with Crippen molar-refractivity contribution >= 4 is 22.4 Å². The number of halogens is 1. The van der Waals surface area contributed by atoms with Crippen LogP contribution in [0.25, 0.3) is 10.8 Å². The Balaban J connectivity index is 2.96. The Morgan fingerprint density at radius 1 is 1.40 bits per heavy atom. The predicted molar refractivity (Wildman–Crippen MR) is 58.0 cm³/mol. The number of ether oxygens (including phenoxy) is 1. The largest absolute Gasteiger partial charge is 0.496 e. The summed E-state index contributed by atoms with van der Waals surface area (Å²) in [7, 11) is 1.56. The van der Waals surface area contributed by atoms with E-state index in [1.807, 2.05) is 0 Å². The number of hydrogen-bond acceptors (Lipinski definition) is 3. The van der Waals surface area contributed by atoms with E-state index in [-0.39, 0.29) is 0 Å². The second-order valence-electron chi connectivity index (χ2n) is 2.97. The van der Waals surface area contributed by atoms with E-state index < -0.39 is 0 Å². The molecule has 0 aliphatic carbocycles. The maximum Gasteiger partial charge on any atom is 0.128 e. The second-order valence-corrected chi connectivity index (χ2v) is 3.38. The van der Waals surface area contributed by atoms with Gasteiger partial charge >= 0.3 is 0 Å². The Kier molecular flexibility index (Phi) is 2.44. The molecule has 0 fully saturated rings. The maximum absolute atomic E-state index is 8.96. The number of rotatable bonds is 1. The standard InChI is InChI=1S/C11H7ClN2O/c1-15-10-3-2-9(12)8-6-14-5-7(4-13)11(8)10/h2-3,5-6H,1H3. The summed E-state index contributed by atoms with van der Waals surface area (Å²) in [5.74, 6) is 0.633. The summed E-state index contributed by atoms with van der Waals surface area (Å²) in [4.78, 5) is 3.96. The molecule has 0 saturated heterocycles. The first-order chi connectivity index (χ1) is 7.27. The fourth-order valence-corrected chi connectivity index (χ4v) is 1.69. The van der Waals surface area contributed by atoms with Crippen LogP contribution in [0.4, 0.5) is 0 Å². The minimum absolute atomic E-state index is 0.465. The molecule has 1 aromatic carbocycles. The Bertz CT molecular complexity index is 560. The molecule has 0 atom stereocenters. The quantitative estimate of drug-likeness (QED) is 0.740. The van der Waals surface area contributed by atoms with Crippen molar-refractivity contribution in [2.75, 3.05) is 7.11 Å². The summed E-state index contributed by atoms with van der Waals surface area (Å²) in [6.07, 6.45) is 3.13. The molecule has 2 aromatic rings. The lowest BCUT2D eigenvalue weighted by Crippen LogP contribution is -1.89. The van der Waals surface area contributed by atoms with Crippen LogP contribution in [0.15, 0.2) is 24.5 Å². The number of pyridine rings is 1. The van der Waals surface area contributed by atoms with Crippen molar-refractivity contribution < 1.29 is 4.74 Å². The normalized spacial score (nSPS) is 9.93. The van der Waals surface area contributed by atoms with Gasteiger partial charge in [-0.1, -0.05) is 11.6 Å². The molecule has 15 heavy (non-hydrogen) atoms. The number of fused-ring (bicyclic) bond motifs is 1. The molecule has 1 heterocycles. The van der Waals surface area contributed by atoms with Crippen LogP contribution in [0.1, 0.15) is 5.56 Å². The van der Waals surface area contributed by atoms with E-state index in [4.69, 9.17) is 21.6 Å². The van der Waals surface area contributed by atoms with Gasteiger partial charge in [-0.05, 0) is 12.1 Å². The van der Waals surface area contributed by atoms with Crippen LogP contribution in [0, 0.1) is 11.3 Å². The molecule has 1 aromatic heterocycles. The van der Waals surface area contributed by atoms with Crippen LogP contribution in [-0.4, -0.2) is 12.1 Å². The highest BCUT2D eigenvalue weighted by atomic mass is 35.5. The zero-order valence-electron chi connectivity index (χ0n) is 7.99. The van der Waals surface area contributed by atoms with Crippen molar-refractivity contribution in [3.8, 4) is 11.8 Å². The van der Waals surface area contributed by atoms with Gasteiger partial charge in [-0.2, -0.15) is 5.26 Å². The molecule has 0 bridgehead atoms. The number of nitriles is 1. The van der Waals surface area contributed by atoms with E-state index in [1.54, 1.807) is 25.4 Å². The number of aromatic nitrogens is 1. The van der Waals surface area contributed by atoms with Crippen molar-refractivity contribution in [2.45, 2.75) is 0 Å². The summed E-state index contributed by atoms with van der Waals surface area (Å²) in [5, 5.41) is 11.0. The first-order valence-electron chi connectivity index (χ1n) is 4.28. The molecule has 0 N–H and O–H groups in total. The maximum atomic E-state index is 8.96. The van der Waals surface area contributed by atoms with Crippen molar-refractivity contribution in [2.24, 2.45) is 0 Å². The van der Waals surface area contributed by atoms with Gasteiger partial charge in [0.2, 0.25) is 0 Å². The highest BCUT2D eigenvalue weighted by Crippen LogP contribution is 2.32. The number of hydrogen-bond donors (Lipinski definition) is 0. The van der Waals surface area contributed by atoms with E-state index >= 15 is 0 Å². The molecule has 0 radical (unpaired) electrons. The average Bonchev–Trinajstić information content (AvgIpc) is 2.29. The first kappa shape index (κ1) is 9.75. The smallest absolute Gasteiger partial charge is 0.128 e. The van der Waals surface area contributed by atoms with Gasteiger partial charge in [-0.25, -0.2) is 0 Å². The monoisotopic (exact) mass is 218 g/mol. The Morgan fingerprint density at radius 3 is 2.87 bits per heavy atom. The lowest BCUT2D eigenvalue weighted by Gasteiger charge is -2.07. The minimum atomic E-state index is 0.465. The first-order valence-corrected chi connectivity index (χ1v) is 4.66. The van der Waals surface area contributed by atoms with Gasteiger partial charge in [0.05, 0.1) is 17.7 Å². The van der Waals surface area contributed by atoms with Crippen LogP contribution < -0.4 is 4.74 Å². The van der Waals surface area contributed by atoms with Gasteiger partial charge in [0.25, 0.3) is 0 Å². The Hall–Kier alpha value is -1.79. The topological polar surface area (TPSA) is 45.9 Å². The third kappa shape index (κ3) is 1.49. The van der Waals surface area contributed by atoms with E-state index in [1.165, 1.54) is 6.20 Å². The van der Waals surface area contributed by atoms with E-state index in [0.717, 1.165) is 5.39 Å². The highest BCUT2D eigenvalue weighted by molar-refractivity contribution is 6.35. The zero-order chi connectivity index (χ0) is 10.8. The summed E-state index contributed by atoms with van der Waals surface area (Å²) in [5.41, 5.74) is 0.465. The van der Waals surface area contributed by atoms with Crippen LogP contribution in [-0.2, 0) is 0 Å². The SMILES string of the molecule is COc1ccc(Cl)c2cncc(C#N)c12. The second kappa shape index (κ2) is 3.76. The lowest BCUT2D eigenvalue weighted by molar-refractivity contribution is 0.419. The van der Waals surface area contributed by atoms with Gasteiger partial charge in [-0.15, -0.1) is 0 Å². The fraction of sp³-hybridized carbons (Fsp3) is 0.0909. The molecule has 0 unspecified atom stereocenters. The molecule has 0 aliphatic heterocycles. The lowest BCUT2D eigenvalue weighted by atomic mass is 10.1. The van der Waals surface area contributed by atoms with Crippen LogP contribution in [0.5, 0.6) is 5.75 Å². The number of benzene rings is 1. The van der Waals surface area contributed by atoms with Crippen LogP contribution >= 0.6 is 11.6 Å². The predicted octanol–water partition coefficient (Wildman–Crippen LogP) is 2.77. The molecule has 3 nitrogen and oxygen atoms in total. The molecule has 4 heteroatoms. The third-order valence-electron chi connectivity index (χ3n) is 2.17. The van der Waals surface area contributed by atoms with Gasteiger partial charge < -0.3 is 4.74 Å². The number of methoxy groups -OCH3 is 1. The number of nitrogens with zero attached hydrogens (tertiary/aromatic N) is 2. The fourth-order valence-electron chi connectivity index (χ4n) is 1.48. The van der Waals surface area contributed by atoms with Crippen molar-refractivity contribution in [1.29, 1.82) is 5.26 Å². The van der Waals surface area contributed by atoms with Gasteiger partial charge in [0.15, 0.2) is 0 Å². The molecule has 0 amide bonds. The van der Waals surface area contributed by atoms with E-state index in [9.17, 15) is 0 Å². The van der Waals surface area contributed by atoms with E-state index in [2.05, 4.69) is 11.1 Å². The molecule has 74 valence electrons. The molecule has 0 saturated carbocycles. The zero-order valence-corrected chi connectivity index (χ0v) is 8.75.